The van der Waals surface area contributed by atoms with Crippen LogP contribution in [0.3, 0.4) is 0 Å². The van der Waals surface area contributed by atoms with Gasteiger partial charge in [-0.15, -0.1) is 0 Å². The molecule has 0 aromatic rings. The lowest BCUT2D eigenvalue weighted by Gasteiger charge is -2.64. The predicted octanol–water partition coefficient (Wildman–Crippen LogP) is 4.26. The zero-order chi connectivity index (χ0) is 17.8. The molecule has 4 aliphatic rings. The lowest BCUT2D eigenvalue weighted by atomic mass is 9.43. The molecule has 3 nitrogen and oxygen atoms in total. The number of rotatable bonds is 0. The lowest BCUT2D eigenvalue weighted by Crippen LogP contribution is -2.61. The van der Waals surface area contributed by atoms with Gasteiger partial charge in [0.25, 0.3) is 0 Å². The van der Waals surface area contributed by atoms with Gasteiger partial charge in [-0.25, -0.2) is 0 Å². The quantitative estimate of drug-likeness (QED) is 0.375. The van der Waals surface area contributed by atoms with Crippen molar-refractivity contribution >= 4 is 6.29 Å². The smallest absolute Gasteiger partial charge is 0.192 e. The first kappa shape index (κ1) is 17.3. The predicted molar refractivity (Wildman–Crippen MR) is 96.7 cm³/mol. The Morgan fingerprint density at radius 2 is 1.88 bits per heavy atom. The third-order valence-electron chi connectivity index (χ3n) is 7.87. The summed E-state index contributed by atoms with van der Waals surface area (Å²) in [5.74, 6) is 6.25. The van der Waals surface area contributed by atoms with Crippen LogP contribution in [0, 0.1) is 34.0 Å². The van der Waals surface area contributed by atoms with Gasteiger partial charge in [0.1, 0.15) is 0 Å². The Kier molecular flexibility index (Phi) is 3.94. The molecule has 4 rings (SSSR count). The molecule has 3 heteroatoms. The first-order chi connectivity index (χ1) is 11.9. The van der Waals surface area contributed by atoms with E-state index in [0.717, 1.165) is 44.8 Å². The van der Waals surface area contributed by atoms with Crippen LogP contribution in [0.4, 0.5) is 0 Å². The van der Waals surface area contributed by atoms with Gasteiger partial charge in [-0.05, 0) is 61.4 Å². The molecule has 25 heavy (non-hydrogen) atoms. The van der Waals surface area contributed by atoms with Gasteiger partial charge in [0, 0.05) is 11.8 Å². The second-order valence-electron chi connectivity index (χ2n) is 9.16. The SMILES string of the molecule is CC1(C)[C@@H]2CC[C@@]3(C#CC=O)CCCC=C3[C@@]2(C)CCC12OCCO2. The molecular weight excluding hydrogens is 312 g/mol. The van der Waals surface area contributed by atoms with E-state index in [0.29, 0.717) is 19.1 Å². The van der Waals surface area contributed by atoms with E-state index < -0.39 is 5.79 Å². The van der Waals surface area contributed by atoms with Gasteiger partial charge in [0.2, 0.25) is 0 Å². The summed E-state index contributed by atoms with van der Waals surface area (Å²) in [4.78, 5) is 10.9. The molecule has 3 atom stereocenters. The number of aldehydes is 1. The van der Waals surface area contributed by atoms with Crippen LogP contribution in [0.5, 0.6) is 0 Å². The zero-order valence-electron chi connectivity index (χ0n) is 15.8. The summed E-state index contributed by atoms with van der Waals surface area (Å²) in [6.07, 6.45) is 10.8. The van der Waals surface area contributed by atoms with Crippen LogP contribution >= 0.6 is 0 Å². The van der Waals surface area contributed by atoms with E-state index in [2.05, 4.69) is 38.7 Å². The zero-order valence-corrected chi connectivity index (χ0v) is 15.8. The van der Waals surface area contributed by atoms with Crippen LogP contribution < -0.4 is 0 Å². The summed E-state index contributed by atoms with van der Waals surface area (Å²) in [7, 11) is 0. The van der Waals surface area contributed by atoms with Gasteiger partial charge in [-0.2, -0.15) is 0 Å². The van der Waals surface area contributed by atoms with Crippen molar-refractivity contribution in [2.24, 2.45) is 22.2 Å². The van der Waals surface area contributed by atoms with E-state index in [-0.39, 0.29) is 16.2 Å². The second-order valence-corrected chi connectivity index (χ2v) is 9.16. The maximum atomic E-state index is 10.9. The summed E-state index contributed by atoms with van der Waals surface area (Å²) >= 11 is 0. The second kappa shape index (κ2) is 5.69. The summed E-state index contributed by atoms with van der Waals surface area (Å²) in [5.41, 5.74) is 1.53. The van der Waals surface area contributed by atoms with Crippen LogP contribution in [0.15, 0.2) is 11.6 Å². The Morgan fingerprint density at radius 1 is 1.12 bits per heavy atom. The minimum absolute atomic E-state index is 0.0287. The highest BCUT2D eigenvalue weighted by Crippen LogP contribution is 2.68. The normalized spacial score (nSPS) is 41.1. The first-order valence-electron chi connectivity index (χ1n) is 9.86. The molecule has 0 N–H and O–H groups in total. The molecule has 1 saturated heterocycles. The number of carbonyl (C=O) groups excluding carboxylic acids is 1. The summed E-state index contributed by atoms with van der Waals surface area (Å²) in [5, 5.41) is 0. The van der Waals surface area contributed by atoms with E-state index in [1.54, 1.807) is 0 Å². The van der Waals surface area contributed by atoms with Crippen molar-refractivity contribution in [3.8, 4) is 11.8 Å². The Labute approximate surface area is 151 Å². The maximum Gasteiger partial charge on any atom is 0.192 e. The van der Waals surface area contributed by atoms with Crippen molar-refractivity contribution in [2.45, 2.75) is 71.5 Å². The Bertz CT molecular complexity index is 658. The summed E-state index contributed by atoms with van der Waals surface area (Å²) in [6.45, 7) is 8.55. The van der Waals surface area contributed by atoms with Crippen LogP contribution in [0.2, 0.25) is 0 Å². The fourth-order valence-corrected chi connectivity index (χ4v) is 6.73. The number of ether oxygens (including phenoxy) is 2. The highest BCUT2D eigenvalue weighted by molar-refractivity contribution is 5.73. The molecule has 0 aromatic carbocycles. The van der Waals surface area contributed by atoms with Gasteiger partial charge in [-0.1, -0.05) is 32.8 Å². The molecular formula is C22H30O3. The third kappa shape index (κ3) is 2.23. The van der Waals surface area contributed by atoms with E-state index in [1.165, 1.54) is 12.0 Å². The molecule has 3 fully saturated rings. The van der Waals surface area contributed by atoms with Crippen molar-refractivity contribution in [1.29, 1.82) is 0 Å². The number of fused-ring (bicyclic) bond motifs is 3. The lowest BCUT2D eigenvalue weighted by molar-refractivity contribution is -0.284. The average molecular weight is 342 g/mol. The highest BCUT2D eigenvalue weighted by Gasteiger charge is 2.65. The van der Waals surface area contributed by atoms with Crippen molar-refractivity contribution in [3.05, 3.63) is 11.6 Å². The van der Waals surface area contributed by atoms with Gasteiger partial charge < -0.3 is 9.47 Å². The summed E-state index contributed by atoms with van der Waals surface area (Å²) < 4.78 is 12.4. The molecule has 136 valence electrons. The van der Waals surface area contributed by atoms with E-state index in [1.807, 2.05) is 0 Å². The van der Waals surface area contributed by atoms with Crippen LogP contribution in [-0.4, -0.2) is 25.3 Å². The topological polar surface area (TPSA) is 35.5 Å². The largest absolute Gasteiger partial charge is 0.347 e. The van der Waals surface area contributed by atoms with Crippen molar-refractivity contribution < 1.29 is 14.3 Å². The molecule has 1 heterocycles. The molecule has 0 bridgehead atoms. The fourth-order valence-electron chi connectivity index (χ4n) is 6.73. The number of carbonyl (C=O) groups is 1. The molecule has 0 radical (unpaired) electrons. The Morgan fingerprint density at radius 3 is 2.60 bits per heavy atom. The fraction of sp³-hybridized carbons (Fsp3) is 0.773. The monoisotopic (exact) mass is 342 g/mol. The van der Waals surface area contributed by atoms with Crippen LogP contribution in [0.1, 0.15) is 65.7 Å². The van der Waals surface area contributed by atoms with Gasteiger partial charge >= 0.3 is 0 Å². The minimum atomic E-state index is -0.416. The van der Waals surface area contributed by atoms with Gasteiger partial charge in [0.15, 0.2) is 12.1 Å². The van der Waals surface area contributed by atoms with Crippen LogP contribution in [-0.2, 0) is 14.3 Å². The van der Waals surface area contributed by atoms with Crippen molar-refractivity contribution in [2.75, 3.05) is 13.2 Å². The maximum absolute atomic E-state index is 10.9. The molecule has 1 spiro atoms. The minimum Gasteiger partial charge on any atom is -0.347 e. The average Bonchev–Trinajstić information content (AvgIpc) is 3.08. The number of hydrogen-bond donors (Lipinski definition) is 0. The van der Waals surface area contributed by atoms with Crippen molar-refractivity contribution in [1.82, 2.24) is 0 Å². The third-order valence-corrected chi connectivity index (χ3v) is 7.87. The number of allylic oxidation sites excluding steroid dienone is 2. The van der Waals surface area contributed by atoms with E-state index >= 15 is 0 Å². The molecule has 0 amide bonds. The number of hydrogen-bond acceptors (Lipinski definition) is 3. The first-order valence-corrected chi connectivity index (χ1v) is 9.86. The highest BCUT2D eigenvalue weighted by atomic mass is 16.7. The summed E-state index contributed by atoms with van der Waals surface area (Å²) in [6, 6.07) is 0. The van der Waals surface area contributed by atoms with Crippen LogP contribution in [0.25, 0.3) is 0 Å². The van der Waals surface area contributed by atoms with E-state index in [9.17, 15) is 4.79 Å². The molecule has 1 aliphatic heterocycles. The molecule has 3 aliphatic carbocycles. The molecule has 0 aromatic heterocycles. The van der Waals surface area contributed by atoms with Gasteiger partial charge in [0.05, 0.1) is 18.6 Å². The van der Waals surface area contributed by atoms with Crippen molar-refractivity contribution in [3.63, 3.8) is 0 Å². The molecule has 2 saturated carbocycles. The Hall–Kier alpha value is -1.11. The Balaban J connectivity index is 1.77. The van der Waals surface area contributed by atoms with Gasteiger partial charge in [-0.3, -0.25) is 4.79 Å². The standard InChI is InChI=1S/C22H30O3/c1-19(2)17-8-11-21(10-6-14-23)9-5-4-7-18(21)20(17,3)12-13-22(19)24-15-16-25-22/h7,14,17H,4-5,8-9,11-13,15-16H2,1-3H3/t17-,20-,21-/m0/s1. The molecule has 0 unspecified atom stereocenters. The van der Waals surface area contributed by atoms with E-state index in [4.69, 9.17) is 9.47 Å².